The second-order valence-electron chi connectivity index (χ2n) is 8.18. The van der Waals surface area contributed by atoms with Crippen LogP contribution in [0, 0.1) is 0 Å². The van der Waals surface area contributed by atoms with Gasteiger partial charge < -0.3 is 0 Å². The zero-order chi connectivity index (χ0) is 21.1. The van der Waals surface area contributed by atoms with Gasteiger partial charge in [0.15, 0.2) is 0 Å². The summed E-state index contributed by atoms with van der Waals surface area (Å²) in [5.41, 5.74) is 4.71. The van der Waals surface area contributed by atoms with Crippen LogP contribution in [0.25, 0.3) is 49.4 Å². The lowest BCUT2D eigenvalue weighted by Crippen LogP contribution is -2.11. The summed E-state index contributed by atoms with van der Waals surface area (Å²) in [5.74, 6) is 1.94. The summed E-state index contributed by atoms with van der Waals surface area (Å²) in [7, 11) is 0. The first-order valence-corrected chi connectivity index (χ1v) is 11.0. The number of pyridine rings is 1. The van der Waals surface area contributed by atoms with Crippen LogP contribution >= 0.6 is 0 Å². The molecular weight excluding hydrogens is 392 g/mol. The van der Waals surface area contributed by atoms with E-state index in [1.54, 1.807) is 0 Å². The monoisotopic (exact) mass is 412 g/mol. The average molecular weight is 412 g/mol. The van der Waals surface area contributed by atoms with E-state index < -0.39 is 0 Å². The van der Waals surface area contributed by atoms with E-state index in [2.05, 4.69) is 93.0 Å². The van der Waals surface area contributed by atoms with Crippen LogP contribution < -0.4 is 0 Å². The third kappa shape index (κ3) is 2.32. The van der Waals surface area contributed by atoms with Crippen molar-refractivity contribution >= 4 is 49.4 Å². The Kier molecular flexibility index (Phi) is 3.64. The molecule has 3 aromatic carbocycles. The van der Waals surface area contributed by atoms with Gasteiger partial charge in [-0.1, -0.05) is 48.5 Å². The maximum atomic E-state index is 4.84. The van der Waals surface area contributed by atoms with Gasteiger partial charge in [-0.05, 0) is 48.9 Å². The predicted molar refractivity (Wildman–Crippen MR) is 133 cm³/mol. The molecule has 0 radical (unpaired) electrons. The van der Waals surface area contributed by atoms with Crippen LogP contribution in [0.2, 0.25) is 0 Å². The summed E-state index contributed by atoms with van der Waals surface area (Å²) in [5, 5.41) is 5.02. The molecular formula is C28H20N4. The second kappa shape index (κ2) is 6.66. The van der Waals surface area contributed by atoms with Crippen molar-refractivity contribution in [3.8, 4) is 5.82 Å². The number of para-hydroxylation sites is 2. The van der Waals surface area contributed by atoms with E-state index in [0.29, 0.717) is 0 Å². The van der Waals surface area contributed by atoms with Gasteiger partial charge in [-0.15, -0.1) is 0 Å². The van der Waals surface area contributed by atoms with Crippen LogP contribution in [0.5, 0.6) is 0 Å². The van der Waals surface area contributed by atoms with E-state index in [4.69, 9.17) is 4.99 Å². The highest BCUT2D eigenvalue weighted by molar-refractivity contribution is 6.30. The Labute approximate surface area is 184 Å². The first kappa shape index (κ1) is 17.5. The highest BCUT2D eigenvalue weighted by Gasteiger charge is 2.21. The van der Waals surface area contributed by atoms with Crippen molar-refractivity contribution in [2.45, 2.75) is 6.42 Å². The van der Waals surface area contributed by atoms with Gasteiger partial charge in [0.2, 0.25) is 0 Å². The van der Waals surface area contributed by atoms with E-state index in [0.717, 1.165) is 24.6 Å². The Morgan fingerprint density at radius 1 is 0.625 bits per heavy atom. The minimum absolute atomic E-state index is 0.834. The van der Waals surface area contributed by atoms with Crippen molar-refractivity contribution in [1.29, 1.82) is 0 Å². The van der Waals surface area contributed by atoms with Gasteiger partial charge in [0.1, 0.15) is 11.7 Å². The molecule has 0 fully saturated rings. The van der Waals surface area contributed by atoms with Crippen LogP contribution in [0.1, 0.15) is 6.42 Å². The molecule has 0 saturated carbocycles. The zero-order valence-electron chi connectivity index (χ0n) is 17.4. The topological polar surface area (TPSA) is 35.1 Å². The number of aliphatic imine (C=N–C) groups is 1. The highest BCUT2D eigenvalue weighted by Crippen LogP contribution is 2.41. The van der Waals surface area contributed by atoms with E-state index >= 15 is 0 Å². The number of dihydropyridines is 1. The van der Waals surface area contributed by atoms with Gasteiger partial charge >= 0.3 is 0 Å². The first-order valence-electron chi connectivity index (χ1n) is 11.0. The molecule has 4 heteroatoms. The lowest BCUT2D eigenvalue weighted by Gasteiger charge is -2.11. The molecule has 1 aliphatic heterocycles. The predicted octanol–water partition coefficient (Wildman–Crippen LogP) is 6.49. The van der Waals surface area contributed by atoms with Crippen LogP contribution in [0.4, 0.5) is 0 Å². The fraction of sp³-hybridized carbons (Fsp3) is 0.0714. The van der Waals surface area contributed by atoms with Crippen molar-refractivity contribution < 1.29 is 0 Å². The third-order valence-corrected chi connectivity index (χ3v) is 6.42. The van der Waals surface area contributed by atoms with E-state index in [1.807, 2.05) is 18.3 Å². The Balaban J connectivity index is 1.72. The van der Waals surface area contributed by atoms with Crippen molar-refractivity contribution in [1.82, 2.24) is 14.1 Å². The second-order valence-corrected chi connectivity index (χ2v) is 8.18. The lowest BCUT2D eigenvalue weighted by molar-refractivity contribution is 0.975. The van der Waals surface area contributed by atoms with E-state index in [9.17, 15) is 0 Å². The van der Waals surface area contributed by atoms with Gasteiger partial charge in [-0.25, -0.2) is 4.98 Å². The fourth-order valence-corrected chi connectivity index (χ4v) is 5.14. The highest BCUT2D eigenvalue weighted by atomic mass is 15.1. The normalized spacial score (nSPS) is 14.1. The number of hydrogen-bond donors (Lipinski definition) is 0. The molecule has 32 heavy (non-hydrogen) atoms. The van der Waals surface area contributed by atoms with Gasteiger partial charge in [0.25, 0.3) is 0 Å². The molecule has 0 bridgehead atoms. The average Bonchev–Trinajstić information content (AvgIpc) is 3.38. The maximum absolute atomic E-state index is 4.84. The summed E-state index contributed by atoms with van der Waals surface area (Å²) >= 11 is 0. The summed E-state index contributed by atoms with van der Waals surface area (Å²) in [6, 6.07) is 27.8. The number of fused-ring (bicyclic) bond motifs is 7. The molecule has 0 saturated heterocycles. The molecule has 0 aliphatic carbocycles. The summed E-state index contributed by atoms with van der Waals surface area (Å²) in [6.45, 7) is 0.834. The van der Waals surface area contributed by atoms with Crippen LogP contribution in [0.15, 0.2) is 102 Å². The Hall–Kier alpha value is -4.18. The molecule has 6 aromatic rings. The molecule has 0 spiro atoms. The summed E-state index contributed by atoms with van der Waals surface area (Å²) < 4.78 is 4.58. The number of rotatable bonds is 1. The van der Waals surface area contributed by atoms with Gasteiger partial charge in [-0.2, -0.15) is 0 Å². The summed E-state index contributed by atoms with van der Waals surface area (Å²) in [6.07, 6.45) is 7.22. The van der Waals surface area contributed by atoms with E-state index in [1.165, 1.54) is 43.6 Å². The number of hydrogen-bond acceptors (Lipinski definition) is 2. The van der Waals surface area contributed by atoms with Crippen molar-refractivity contribution in [2.75, 3.05) is 6.54 Å². The molecule has 3 aromatic heterocycles. The molecule has 0 unspecified atom stereocenters. The SMILES string of the molecule is C1=CC(n2c3ccccc3c3c4c5ccccc5n(-c5ccccn5)c4ccc32)=NCC1. The fourth-order valence-electron chi connectivity index (χ4n) is 5.14. The lowest BCUT2D eigenvalue weighted by atomic mass is 10.1. The third-order valence-electron chi connectivity index (χ3n) is 6.42. The molecule has 152 valence electrons. The van der Waals surface area contributed by atoms with Crippen molar-refractivity contribution in [2.24, 2.45) is 4.99 Å². The number of nitrogens with zero attached hydrogens (tertiary/aromatic N) is 4. The minimum Gasteiger partial charge on any atom is -0.294 e. The zero-order valence-corrected chi connectivity index (χ0v) is 17.4. The molecule has 0 amide bonds. The molecule has 0 N–H and O–H groups in total. The van der Waals surface area contributed by atoms with Gasteiger partial charge in [0, 0.05) is 34.3 Å². The quantitative estimate of drug-likeness (QED) is 0.304. The first-order chi connectivity index (χ1) is 15.9. The molecule has 7 rings (SSSR count). The minimum atomic E-state index is 0.834. The van der Waals surface area contributed by atoms with Crippen LogP contribution in [0.3, 0.4) is 0 Å². The standard InChI is InChI=1S/C28H20N4/c1-3-11-21-19(9-1)27-23(31(21)25-13-5-7-17-29-25)15-16-24-28(27)20-10-2-4-12-22(20)32(24)26-14-6-8-18-30-26/h1-7,9-17H,8,18H2. The molecule has 0 atom stereocenters. The van der Waals surface area contributed by atoms with E-state index in [-0.39, 0.29) is 0 Å². The molecule has 4 heterocycles. The van der Waals surface area contributed by atoms with Gasteiger partial charge in [-0.3, -0.25) is 14.1 Å². The van der Waals surface area contributed by atoms with Crippen LogP contribution in [-0.4, -0.2) is 26.5 Å². The number of allylic oxidation sites excluding steroid dienone is 1. The number of aromatic nitrogens is 3. The molecule has 4 nitrogen and oxygen atoms in total. The maximum Gasteiger partial charge on any atom is 0.137 e. The van der Waals surface area contributed by atoms with Crippen LogP contribution in [-0.2, 0) is 0 Å². The van der Waals surface area contributed by atoms with Crippen molar-refractivity contribution in [3.63, 3.8) is 0 Å². The Morgan fingerprint density at radius 3 is 1.94 bits per heavy atom. The Bertz CT molecular complexity index is 1710. The number of benzene rings is 3. The van der Waals surface area contributed by atoms with Crippen molar-refractivity contribution in [3.05, 3.63) is 97.2 Å². The summed E-state index contributed by atoms with van der Waals surface area (Å²) in [4.78, 5) is 9.52. The largest absolute Gasteiger partial charge is 0.294 e. The molecule has 1 aliphatic rings. The Morgan fingerprint density at radius 2 is 1.28 bits per heavy atom. The smallest absolute Gasteiger partial charge is 0.137 e. The van der Waals surface area contributed by atoms with Gasteiger partial charge in [0.05, 0.1) is 22.1 Å².